The molecule has 2 saturated carbocycles. The van der Waals surface area contributed by atoms with Gasteiger partial charge < -0.3 is 19.3 Å². The summed E-state index contributed by atoms with van der Waals surface area (Å²) in [5, 5.41) is 21.5. The Morgan fingerprint density at radius 2 is 1.54 bits per heavy atom. The summed E-state index contributed by atoms with van der Waals surface area (Å²) in [6, 6.07) is 3.88. The molecule has 57 heavy (non-hydrogen) atoms. The summed E-state index contributed by atoms with van der Waals surface area (Å²) in [5.41, 5.74) is -9.86. The fraction of sp³-hybridized carbons (Fsp3) is 0.441. The highest BCUT2D eigenvalue weighted by Gasteiger charge is 2.73. The van der Waals surface area contributed by atoms with E-state index in [4.69, 9.17) is 32.7 Å². The molecule has 0 spiro atoms. The number of hydrogen-bond donors (Lipinski definition) is 1. The van der Waals surface area contributed by atoms with E-state index in [1.807, 2.05) is 6.07 Å². The molecule has 0 radical (unpaired) electrons. The van der Waals surface area contributed by atoms with Gasteiger partial charge in [-0.1, -0.05) is 29.3 Å². The molecule has 2 aliphatic carbocycles. The van der Waals surface area contributed by atoms with Crippen molar-refractivity contribution in [3.63, 3.8) is 0 Å². The Balaban J connectivity index is 1.44. The minimum absolute atomic E-state index is 0.0488. The lowest BCUT2D eigenvalue weighted by Gasteiger charge is -2.31. The summed E-state index contributed by atoms with van der Waals surface area (Å²) in [4.78, 5) is 38.6. The molecule has 5 rings (SSSR count). The zero-order valence-corrected chi connectivity index (χ0v) is 30.0. The summed E-state index contributed by atoms with van der Waals surface area (Å²) in [6.07, 6.45) is -17.0. The van der Waals surface area contributed by atoms with Crippen LogP contribution >= 0.6 is 23.2 Å². The van der Waals surface area contributed by atoms with Crippen LogP contribution in [0.2, 0.25) is 10.0 Å². The highest BCUT2D eigenvalue weighted by molar-refractivity contribution is 6.34. The van der Waals surface area contributed by atoms with Crippen molar-refractivity contribution >= 4 is 41.2 Å². The number of aromatic nitrogens is 2. The van der Waals surface area contributed by atoms with E-state index in [0.29, 0.717) is 17.5 Å². The Kier molecular flexibility index (Phi) is 12.2. The zero-order valence-electron chi connectivity index (χ0n) is 28.5. The second kappa shape index (κ2) is 16.1. The number of halogens is 12. The molecule has 2 aromatic carbocycles. The van der Waals surface area contributed by atoms with Gasteiger partial charge in [0.25, 0.3) is 5.91 Å². The Morgan fingerprint density at radius 1 is 0.912 bits per heavy atom. The largest absolute Gasteiger partial charge is 0.573 e. The van der Waals surface area contributed by atoms with E-state index in [0.717, 1.165) is 23.4 Å². The third kappa shape index (κ3) is 9.43. The summed E-state index contributed by atoms with van der Waals surface area (Å²) >= 11 is 12.3. The minimum atomic E-state index is -6.70. The number of nitrogens with zero attached hydrogens (tertiary/aromatic N) is 4. The Hall–Kier alpha value is -4.97. The van der Waals surface area contributed by atoms with E-state index in [1.165, 1.54) is 12.1 Å². The van der Waals surface area contributed by atoms with Crippen LogP contribution in [0, 0.1) is 23.2 Å². The maximum atomic E-state index is 14.8. The summed E-state index contributed by atoms with van der Waals surface area (Å²) in [5.74, 6) is -4.57. The van der Waals surface area contributed by atoms with E-state index in [9.17, 15) is 68.7 Å². The van der Waals surface area contributed by atoms with Crippen LogP contribution in [0.1, 0.15) is 54.4 Å². The molecule has 1 atom stereocenters. The van der Waals surface area contributed by atoms with Crippen LogP contribution in [0.25, 0.3) is 16.8 Å². The average Bonchev–Trinajstić information content (AvgIpc) is 3.83. The van der Waals surface area contributed by atoms with E-state index < -0.39 is 95.3 Å². The molecule has 1 aromatic heterocycles. The molecule has 23 heteroatoms. The lowest BCUT2D eigenvalue weighted by atomic mass is 9.87. The van der Waals surface area contributed by atoms with Gasteiger partial charge in [-0.25, -0.2) is 13.9 Å². The van der Waals surface area contributed by atoms with Crippen LogP contribution in [0.5, 0.6) is 5.75 Å². The van der Waals surface area contributed by atoms with Gasteiger partial charge in [0.2, 0.25) is 0 Å². The smallest absolute Gasteiger partial charge is 0.481 e. The number of nitriles is 1. The van der Waals surface area contributed by atoms with Crippen LogP contribution in [-0.4, -0.2) is 75.4 Å². The van der Waals surface area contributed by atoms with Crippen molar-refractivity contribution in [2.75, 3.05) is 6.73 Å². The monoisotopic (exact) mass is 862 g/mol. The number of ether oxygens (including phenoxy) is 3. The third-order valence-corrected chi connectivity index (χ3v) is 9.80. The Bertz CT molecular complexity index is 2040. The molecule has 1 amide bonds. The number of aliphatic carboxylic acids is 1. The van der Waals surface area contributed by atoms with Crippen LogP contribution in [0.4, 0.5) is 48.7 Å². The SMILES string of the molecule is N#CC(C1CC1)N(COC(=O)O[C@H]1CC[C@@H](C(=O)O)CC1)C(=O)c1cc(-c2cnn(-c3c(Cl)cc(C(F)(C(F)(F)F)C(F)(F)F)cc3OC(F)(F)F)c2)ccc1Cl. The van der Waals surface area contributed by atoms with Gasteiger partial charge >= 0.3 is 36.5 Å². The van der Waals surface area contributed by atoms with Crippen molar-refractivity contribution in [3.05, 3.63) is 63.9 Å². The van der Waals surface area contributed by atoms with Crippen molar-refractivity contribution in [2.24, 2.45) is 11.8 Å². The number of carboxylic acid groups (broad SMARTS) is 1. The molecule has 2 aliphatic rings. The minimum Gasteiger partial charge on any atom is -0.481 e. The molecule has 0 bridgehead atoms. The maximum Gasteiger partial charge on any atom is 0.573 e. The Morgan fingerprint density at radius 3 is 2.09 bits per heavy atom. The second-order valence-corrected chi connectivity index (χ2v) is 13.8. The molecule has 0 saturated heterocycles. The van der Waals surface area contributed by atoms with Crippen molar-refractivity contribution in [3.8, 4) is 28.6 Å². The highest BCUT2D eigenvalue weighted by atomic mass is 35.5. The van der Waals surface area contributed by atoms with Gasteiger partial charge in [-0.05, 0) is 74.3 Å². The summed E-state index contributed by atoms with van der Waals surface area (Å²) in [6.45, 7) is -0.783. The van der Waals surface area contributed by atoms with Gasteiger partial charge in [-0.3, -0.25) is 14.5 Å². The van der Waals surface area contributed by atoms with Gasteiger partial charge in [0.15, 0.2) is 12.5 Å². The lowest BCUT2D eigenvalue weighted by molar-refractivity contribution is -0.348. The number of carboxylic acids is 1. The number of hydrogen-bond acceptors (Lipinski definition) is 8. The molecule has 2 fully saturated rings. The third-order valence-electron chi connectivity index (χ3n) is 9.18. The maximum absolute atomic E-state index is 14.8. The van der Waals surface area contributed by atoms with Gasteiger partial charge in [0.1, 0.15) is 17.8 Å². The number of amides is 1. The number of benzene rings is 2. The van der Waals surface area contributed by atoms with E-state index >= 15 is 0 Å². The van der Waals surface area contributed by atoms with Crippen LogP contribution in [-0.2, 0) is 19.9 Å². The quantitative estimate of drug-likeness (QED) is 0.113. The van der Waals surface area contributed by atoms with Crippen molar-refractivity contribution in [1.29, 1.82) is 5.26 Å². The molecule has 0 aliphatic heterocycles. The van der Waals surface area contributed by atoms with Crippen LogP contribution < -0.4 is 4.74 Å². The highest BCUT2D eigenvalue weighted by Crippen LogP contribution is 2.55. The van der Waals surface area contributed by atoms with Crippen LogP contribution in [0.3, 0.4) is 0 Å². The predicted octanol–water partition coefficient (Wildman–Crippen LogP) is 9.53. The lowest BCUT2D eigenvalue weighted by Crippen LogP contribution is -2.50. The first-order valence-electron chi connectivity index (χ1n) is 16.5. The molecule has 1 N–H and O–H groups in total. The molecule has 11 nitrogen and oxygen atoms in total. The zero-order chi connectivity index (χ0) is 42.2. The summed E-state index contributed by atoms with van der Waals surface area (Å²) < 4.78 is 150. The first-order valence-corrected chi connectivity index (χ1v) is 17.2. The van der Waals surface area contributed by atoms with E-state index in [-0.39, 0.29) is 59.4 Å². The number of carbonyl (C=O) groups excluding carboxylic acids is 2. The molecule has 1 heterocycles. The number of alkyl halides is 10. The molecular formula is C34H26Cl2F10N4O7. The topological polar surface area (TPSA) is 144 Å². The van der Waals surface area contributed by atoms with Gasteiger partial charge in [-0.15, -0.1) is 13.2 Å². The van der Waals surface area contributed by atoms with Crippen LogP contribution in [0.15, 0.2) is 42.7 Å². The molecule has 1 unspecified atom stereocenters. The van der Waals surface area contributed by atoms with E-state index in [2.05, 4.69) is 9.84 Å². The molecule has 308 valence electrons. The first kappa shape index (κ1) is 43.2. The first-order chi connectivity index (χ1) is 26.4. The normalized spacial score (nSPS) is 18.3. The number of carbonyl (C=O) groups is 3. The molecule has 3 aromatic rings. The number of rotatable bonds is 11. The van der Waals surface area contributed by atoms with E-state index in [1.54, 1.807) is 0 Å². The summed E-state index contributed by atoms with van der Waals surface area (Å²) in [7, 11) is 0. The Labute approximate surface area is 324 Å². The standard InChI is InChI=1S/C34H26Cl2F10N4O7/c35-23-8-5-18(9-22(23)28(51)49(25(12-47)16-1-2-16)15-55-30(54)56-21-6-3-17(4-7-21)29(52)53)19-13-48-50(14-19)27-24(36)10-20(11-26(27)57-34(44,45)46)31(37,32(38,39)40)33(41,42)43/h5,8-11,13-14,16-17,21,25H,1-4,6-7,15H2,(H,52,53)/t17-,21+,25?. The fourth-order valence-electron chi connectivity index (χ4n) is 6.13. The van der Waals surface area contributed by atoms with Crippen molar-refractivity contribution < 1.29 is 77.6 Å². The van der Waals surface area contributed by atoms with Crippen molar-refractivity contribution in [1.82, 2.24) is 14.7 Å². The second-order valence-electron chi connectivity index (χ2n) is 13.0. The predicted molar refractivity (Wildman–Crippen MR) is 175 cm³/mol. The van der Waals surface area contributed by atoms with Gasteiger partial charge in [0.05, 0.1) is 33.8 Å². The average molecular weight is 863 g/mol. The molecular weight excluding hydrogens is 837 g/mol. The van der Waals surface area contributed by atoms with Gasteiger partial charge in [-0.2, -0.15) is 36.7 Å². The van der Waals surface area contributed by atoms with Gasteiger partial charge in [0, 0.05) is 17.3 Å². The van der Waals surface area contributed by atoms with Crippen molar-refractivity contribution in [2.45, 2.75) is 75.1 Å². The fourth-order valence-corrected chi connectivity index (χ4v) is 6.63.